The molecule has 3 aromatic rings. The van der Waals surface area contributed by atoms with Gasteiger partial charge >= 0.3 is 5.97 Å². The van der Waals surface area contributed by atoms with Crippen molar-refractivity contribution in [3.63, 3.8) is 0 Å². The molecule has 2 aromatic carbocycles. The minimum atomic E-state index is -1.02. The van der Waals surface area contributed by atoms with Gasteiger partial charge in [-0.1, -0.05) is 24.3 Å². The van der Waals surface area contributed by atoms with E-state index in [1.54, 1.807) is 14.0 Å². The third-order valence-electron chi connectivity index (χ3n) is 6.63. The summed E-state index contributed by atoms with van der Waals surface area (Å²) in [6, 6.07) is 14.3. The summed E-state index contributed by atoms with van der Waals surface area (Å²) in [7, 11) is 1.69. The van der Waals surface area contributed by atoms with Crippen LogP contribution >= 0.6 is 0 Å². The zero-order valence-electron chi connectivity index (χ0n) is 18.8. The predicted octanol–water partition coefficient (Wildman–Crippen LogP) is 4.68. The van der Waals surface area contributed by atoms with Crippen molar-refractivity contribution < 1.29 is 14.6 Å². The van der Waals surface area contributed by atoms with Crippen LogP contribution in [0.15, 0.2) is 42.5 Å². The number of aromatic nitrogens is 1. The summed E-state index contributed by atoms with van der Waals surface area (Å²) in [6.45, 7) is 4.86. The Labute approximate surface area is 189 Å². The molecule has 6 nitrogen and oxygen atoms in total. The van der Waals surface area contributed by atoms with Crippen LogP contribution in [0.5, 0.6) is 5.75 Å². The van der Waals surface area contributed by atoms with Crippen molar-refractivity contribution in [2.75, 3.05) is 25.9 Å². The number of piperidine rings is 1. The fraction of sp³-hybridized carbons (Fsp3) is 0.385. The van der Waals surface area contributed by atoms with Crippen LogP contribution in [-0.4, -0.2) is 41.2 Å². The summed E-state index contributed by atoms with van der Waals surface area (Å²) < 4.78 is 5.24. The number of nitrogen functional groups attached to an aromatic ring is 1. The quantitative estimate of drug-likeness (QED) is 0.563. The van der Waals surface area contributed by atoms with Crippen molar-refractivity contribution >= 4 is 22.6 Å². The number of anilines is 1. The van der Waals surface area contributed by atoms with Crippen molar-refractivity contribution in [1.82, 2.24) is 9.88 Å². The molecule has 0 radical (unpaired) electrons. The van der Waals surface area contributed by atoms with Crippen molar-refractivity contribution in [3.05, 3.63) is 64.8 Å². The number of ether oxygens (including phenoxy) is 1. The maximum absolute atomic E-state index is 11.7. The SMILES string of the molecule is COc1ccc(CN2CCC(CCc3cccc4nc(C)c(C(=O)O)c(N)c34)CC2)cc1. The smallest absolute Gasteiger partial charge is 0.339 e. The number of carbonyl (C=O) groups is 1. The molecule has 168 valence electrons. The molecular formula is C26H31N3O3. The predicted molar refractivity (Wildman–Crippen MR) is 127 cm³/mol. The van der Waals surface area contributed by atoms with E-state index in [0.717, 1.165) is 54.7 Å². The van der Waals surface area contributed by atoms with E-state index in [9.17, 15) is 9.90 Å². The van der Waals surface area contributed by atoms with Crippen LogP contribution < -0.4 is 10.5 Å². The Kier molecular flexibility index (Phi) is 6.61. The Morgan fingerprint density at radius 1 is 1.19 bits per heavy atom. The number of hydrogen-bond acceptors (Lipinski definition) is 5. The second-order valence-electron chi connectivity index (χ2n) is 8.71. The number of methoxy groups -OCH3 is 1. The van der Waals surface area contributed by atoms with Crippen LogP contribution in [-0.2, 0) is 13.0 Å². The van der Waals surface area contributed by atoms with E-state index >= 15 is 0 Å². The summed E-state index contributed by atoms with van der Waals surface area (Å²) in [5.74, 6) is 0.534. The van der Waals surface area contributed by atoms with Gasteiger partial charge in [-0.3, -0.25) is 9.88 Å². The van der Waals surface area contributed by atoms with Gasteiger partial charge < -0.3 is 15.6 Å². The zero-order chi connectivity index (χ0) is 22.7. The number of carboxylic acids is 1. The van der Waals surface area contributed by atoms with Crippen molar-refractivity contribution in [3.8, 4) is 5.75 Å². The lowest BCUT2D eigenvalue weighted by molar-refractivity contribution is 0.0697. The summed E-state index contributed by atoms with van der Waals surface area (Å²) in [5, 5.41) is 10.4. The largest absolute Gasteiger partial charge is 0.497 e. The van der Waals surface area contributed by atoms with E-state index in [1.807, 2.05) is 24.3 Å². The maximum atomic E-state index is 11.7. The molecule has 3 N–H and O–H groups in total. The Bertz CT molecular complexity index is 1100. The van der Waals surface area contributed by atoms with Crippen molar-refractivity contribution in [1.29, 1.82) is 0 Å². The first kappa shape index (κ1) is 22.1. The average molecular weight is 434 g/mol. The van der Waals surface area contributed by atoms with Crippen molar-refractivity contribution in [2.24, 2.45) is 5.92 Å². The maximum Gasteiger partial charge on any atom is 0.339 e. The molecule has 0 aliphatic carbocycles. The first-order chi connectivity index (χ1) is 15.5. The highest BCUT2D eigenvalue weighted by atomic mass is 16.5. The van der Waals surface area contributed by atoms with E-state index in [4.69, 9.17) is 10.5 Å². The van der Waals surface area contributed by atoms with E-state index in [2.05, 4.69) is 28.1 Å². The first-order valence-electron chi connectivity index (χ1n) is 11.2. The molecule has 0 amide bonds. The summed E-state index contributed by atoms with van der Waals surface area (Å²) in [6.07, 6.45) is 4.31. The van der Waals surface area contributed by atoms with Gasteiger partial charge in [0.05, 0.1) is 24.0 Å². The molecule has 0 saturated carbocycles. The van der Waals surface area contributed by atoms with Crippen LogP contribution in [0.1, 0.15) is 46.4 Å². The Hall–Kier alpha value is -3.12. The number of rotatable bonds is 7. The molecule has 32 heavy (non-hydrogen) atoms. The van der Waals surface area contributed by atoms with Gasteiger partial charge in [-0.25, -0.2) is 4.79 Å². The molecule has 2 heterocycles. The number of pyridine rings is 1. The monoisotopic (exact) mass is 433 g/mol. The van der Waals surface area contributed by atoms with Crippen LogP contribution in [0.25, 0.3) is 10.9 Å². The minimum Gasteiger partial charge on any atom is -0.497 e. The number of benzene rings is 2. The molecule has 4 rings (SSSR count). The van der Waals surface area contributed by atoms with Gasteiger partial charge in [-0.05, 0) is 80.9 Å². The summed E-state index contributed by atoms with van der Waals surface area (Å²) in [4.78, 5) is 18.7. The number of nitrogens with two attached hydrogens (primary N) is 1. The third kappa shape index (κ3) is 4.70. The fourth-order valence-corrected chi connectivity index (χ4v) is 4.81. The number of hydrogen-bond donors (Lipinski definition) is 2. The van der Waals surface area contributed by atoms with Crippen LogP contribution in [0.2, 0.25) is 0 Å². The third-order valence-corrected chi connectivity index (χ3v) is 6.63. The molecule has 1 saturated heterocycles. The van der Waals surface area contributed by atoms with Gasteiger partial charge in [0, 0.05) is 11.9 Å². The number of nitrogens with zero attached hydrogens (tertiary/aromatic N) is 2. The second-order valence-corrected chi connectivity index (χ2v) is 8.71. The first-order valence-corrected chi connectivity index (χ1v) is 11.2. The molecule has 1 aliphatic rings. The van der Waals surface area contributed by atoms with Crippen molar-refractivity contribution in [2.45, 2.75) is 39.2 Å². The van der Waals surface area contributed by atoms with Crippen LogP contribution in [0.4, 0.5) is 5.69 Å². The summed E-state index contributed by atoms with van der Waals surface area (Å²) in [5.41, 5.74) is 10.4. The fourth-order valence-electron chi connectivity index (χ4n) is 4.81. The number of likely N-dealkylation sites (tertiary alicyclic amines) is 1. The lowest BCUT2D eigenvalue weighted by Crippen LogP contribution is -2.33. The molecule has 0 atom stereocenters. The highest BCUT2D eigenvalue weighted by Crippen LogP contribution is 2.31. The summed E-state index contributed by atoms with van der Waals surface area (Å²) >= 11 is 0. The molecule has 6 heteroatoms. The average Bonchev–Trinajstić information content (AvgIpc) is 2.78. The number of carboxylic acid groups (broad SMARTS) is 1. The standard InChI is InChI=1S/C26H31N3O3/c1-17-23(26(30)31)25(27)24-20(4-3-5-22(24)28-17)9-6-18-12-14-29(15-13-18)16-19-7-10-21(32-2)11-8-19/h3-5,7-8,10-11,18H,6,9,12-16H2,1-2H3,(H2,27,28)(H,30,31). The van der Waals surface area contributed by atoms with Gasteiger partial charge in [0.25, 0.3) is 0 Å². The molecule has 0 spiro atoms. The Morgan fingerprint density at radius 2 is 1.91 bits per heavy atom. The molecule has 1 fully saturated rings. The lowest BCUT2D eigenvalue weighted by atomic mass is 9.89. The number of fused-ring (bicyclic) bond motifs is 1. The van der Waals surface area contributed by atoms with Gasteiger partial charge in [0.2, 0.25) is 0 Å². The molecule has 0 bridgehead atoms. The lowest BCUT2D eigenvalue weighted by Gasteiger charge is -2.32. The van der Waals surface area contributed by atoms with Crippen LogP contribution in [0.3, 0.4) is 0 Å². The van der Waals surface area contributed by atoms with E-state index in [-0.39, 0.29) is 5.56 Å². The van der Waals surface area contributed by atoms with Gasteiger partial charge in [0.1, 0.15) is 11.3 Å². The molecule has 1 aromatic heterocycles. The number of aromatic carboxylic acids is 1. The highest BCUT2D eigenvalue weighted by Gasteiger charge is 2.21. The van der Waals surface area contributed by atoms with E-state index in [1.165, 1.54) is 18.4 Å². The Balaban J connectivity index is 1.38. The second kappa shape index (κ2) is 9.57. The van der Waals surface area contributed by atoms with E-state index in [0.29, 0.717) is 17.3 Å². The topological polar surface area (TPSA) is 88.7 Å². The Morgan fingerprint density at radius 3 is 2.56 bits per heavy atom. The van der Waals surface area contributed by atoms with Crippen LogP contribution in [0, 0.1) is 12.8 Å². The molecular weight excluding hydrogens is 402 g/mol. The zero-order valence-corrected chi connectivity index (χ0v) is 18.8. The van der Waals surface area contributed by atoms with E-state index < -0.39 is 5.97 Å². The van der Waals surface area contributed by atoms with Gasteiger partial charge in [-0.2, -0.15) is 0 Å². The number of aryl methyl sites for hydroxylation is 2. The molecule has 0 unspecified atom stereocenters. The van der Waals surface area contributed by atoms with Gasteiger partial charge in [-0.15, -0.1) is 0 Å². The normalized spacial score (nSPS) is 15.2. The molecule has 1 aliphatic heterocycles. The van der Waals surface area contributed by atoms with Gasteiger partial charge in [0.15, 0.2) is 0 Å². The highest BCUT2D eigenvalue weighted by molar-refractivity contribution is 6.05. The minimum absolute atomic E-state index is 0.122.